The number of benzene rings is 1. The normalized spacial score (nSPS) is 11.8. The summed E-state index contributed by atoms with van der Waals surface area (Å²) in [6, 6.07) is 1.76. The maximum atomic E-state index is 13.9. The van der Waals surface area contributed by atoms with Crippen LogP contribution in [0.25, 0.3) is 0 Å². The highest BCUT2D eigenvalue weighted by atomic mass is 79.9. The second-order valence-corrected chi connectivity index (χ2v) is 6.88. The molecule has 2 N–H and O–H groups in total. The second kappa shape index (κ2) is 6.19. The third kappa shape index (κ3) is 3.56. The van der Waals surface area contributed by atoms with Crippen molar-refractivity contribution in [3.05, 3.63) is 28.0 Å². The standard InChI is InChI=1S/C12H16BrFN2O3S/c1-4-16(7(2)3)12(17)8-5-11(20(15,18)19)9(13)6-10(8)14/h5-7H,4H2,1-3H3,(H2,15,18,19). The van der Waals surface area contributed by atoms with Gasteiger partial charge >= 0.3 is 0 Å². The molecule has 0 aliphatic rings. The number of sulfonamides is 1. The van der Waals surface area contributed by atoms with Gasteiger partial charge in [-0.25, -0.2) is 17.9 Å². The number of primary sulfonamides is 1. The number of rotatable bonds is 4. The molecule has 0 aromatic heterocycles. The summed E-state index contributed by atoms with van der Waals surface area (Å²) in [6.45, 7) is 5.73. The highest BCUT2D eigenvalue weighted by Gasteiger charge is 2.24. The lowest BCUT2D eigenvalue weighted by Crippen LogP contribution is -2.37. The third-order valence-corrected chi connectivity index (χ3v) is 4.65. The zero-order valence-corrected chi connectivity index (χ0v) is 13.8. The number of nitrogens with zero attached hydrogens (tertiary/aromatic N) is 1. The summed E-state index contributed by atoms with van der Waals surface area (Å²) in [5, 5.41) is 5.04. The van der Waals surface area contributed by atoms with Crippen LogP contribution in [-0.2, 0) is 10.0 Å². The van der Waals surface area contributed by atoms with Gasteiger partial charge in [0.2, 0.25) is 10.0 Å². The van der Waals surface area contributed by atoms with Gasteiger partial charge in [0.1, 0.15) is 5.82 Å². The Bertz CT molecular complexity index is 632. The molecule has 1 aromatic rings. The van der Waals surface area contributed by atoms with Crippen molar-refractivity contribution in [2.75, 3.05) is 6.54 Å². The minimum Gasteiger partial charge on any atom is -0.336 e. The Balaban J connectivity index is 3.43. The first-order valence-electron chi connectivity index (χ1n) is 5.92. The fourth-order valence-electron chi connectivity index (χ4n) is 1.81. The molecule has 0 aliphatic carbocycles. The number of amides is 1. The summed E-state index contributed by atoms with van der Waals surface area (Å²) in [6.07, 6.45) is 0. The molecule has 0 heterocycles. The van der Waals surface area contributed by atoms with E-state index in [2.05, 4.69) is 15.9 Å². The molecule has 0 saturated heterocycles. The van der Waals surface area contributed by atoms with Crippen molar-refractivity contribution in [1.29, 1.82) is 0 Å². The van der Waals surface area contributed by atoms with Crippen molar-refractivity contribution in [1.82, 2.24) is 4.90 Å². The quantitative estimate of drug-likeness (QED) is 0.885. The van der Waals surface area contributed by atoms with Gasteiger partial charge in [-0.2, -0.15) is 0 Å². The van der Waals surface area contributed by atoms with E-state index in [0.29, 0.717) is 6.54 Å². The molecular weight excluding hydrogens is 351 g/mol. The van der Waals surface area contributed by atoms with E-state index in [9.17, 15) is 17.6 Å². The van der Waals surface area contributed by atoms with E-state index in [1.54, 1.807) is 20.8 Å². The van der Waals surface area contributed by atoms with E-state index in [4.69, 9.17) is 5.14 Å². The van der Waals surface area contributed by atoms with Crippen LogP contribution in [0.4, 0.5) is 4.39 Å². The zero-order chi connectivity index (χ0) is 15.7. The number of carbonyl (C=O) groups is 1. The van der Waals surface area contributed by atoms with Crippen molar-refractivity contribution in [2.24, 2.45) is 5.14 Å². The van der Waals surface area contributed by atoms with E-state index in [-0.39, 0.29) is 21.0 Å². The number of nitrogens with two attached hydrogens (primary N) is 1. The van der Waals surface area contributed by atoms with Gasteiger partial charge in [-0.3, -0.25) is 4.79 Å². The maximum Gasteiger partial charge on any atom is 0.257 e. The molecule has 112 valence electrons. The minimum absolute atomic E-state index is 0.0124. The highest BCUT2D eigenvalue weighted by Crippen LogP contribution is 2.25. The van der Waals surface area contributed by atoms with E-state index < -0.39 is 21.7 Å². The van der Waals surface area contributed by atoms with Crippen molar-refractivity contribution in [2.45, 2.75) is 31.7 Å². The average molecular weight is 367 g/mol. The Labute approximate surface area is 126 Å². The molecule has 0 atom stereocenters. The number of carbonyl (C=O) groups excluding carboxylic acids is 1. The van der Waals surface area contributed by atoms with Gasteiger partial charge in [0.05, 0.1) is 10.5 Å². The molecule has 0 spiro atoms. The van der Waals surface area contributed by atoms with Gasteiger partial charge in [0, 0.05) is 17.1 Å². The molecule has 0 aliphatic heterocycles. The van der Waals surface area contributed by atoms with Crippen molar-refractivity contribution in [3.63, 3.8) is 0 Å². The van der Waals surface area contributed by atoms with Crippen LogP contribution in [0.15, 0.2) is 21.5 Å². The Morgan fingerprint density at radius 1 is 1.45 bits per heavy atom. The minimum atomic E-state index is -4.04. The SMILES string of the molecule is CCN(C(=O)c1cc(S(N)(=O)=O)c(Br)cc1F)C(C)C. The Morgan fingerprint density at radius 3 is 2.40 bits per heavy atom. The monoisotopic (exact) mass is 366 g/mol. The molecule has 1 amide bonds. The van der Waals surface area contributed by atoms with E-state index in [0.717, 1.165) is 12.1 Å². The zero-order valence-electron chi connectivity index (χ0n) is 11.4. The van der Waals surface area contributed by atoms with Crippen LogP contribution in [0.5, 0.6) is 0 Å². The van der Waals surface area contributed by atoms with Gasteiger partial charge in [-0.1, -0.05) is 0 Å². The summed E-state index contributed by atoms with van der Waals surface area (Å²) in [5.41, 5.74) is -0.312. The van der Waals surface area contributed by atoms with Crippen LogP contribution < -0.4 is 5.14 Å². The largest absolute Gasteiger partial charge is 0.336 e. The fourth-order valence-corrected chi connectivity index (χ4v) is 3.41. The highest BCUT2D eigenvalue weighted by molar-refractivity contribution is 9.10. The summed E-state index contributed by atoms with van der Waals surface area (Å²) < 4.78 is 36.7. The molecule has 0 unspecified atom stereocenters. The molecule has 8 heteroatoms. The Hall–Kier alpha value is -0.990. The average Bonchev–Trinajstić information content (AvgIpc) is 2.27. The summed E-state index contributed by atoms with van der Waals surface area (Å²) in [4.78, 5) is 13.4. The second-order valence-electron chi connectivity index (χ2n) is 4.49. The molecule has 0 saturated carbocycles. The Morgan fingerprint density at radius 2 is 2.00 bits per heavy atom. The summed E-state index contributed by atoms with van der Waals surface area (Å²) in [7, 11) is -4.04. The molecule has 0 fully saturated rings. The van der Waals surface area contributed by atoms with Crippen LogP contribution in [0.2, 0.25) is 0 Å². The van der Waals surface area contributed by atoms with Crippen LogP contribution >= 0.6 is 15.9 Å². The molecule has 1 rings (SSSR count). The van der Waals surface area contributed by atoms with E-state index in [1.807, 2.05) is 0 Å². The van der Waals surface area contributed by atoms with Crippen LogP contribution in [0.1, 0.15) is 31.1 Å². The molecule has 5 nitrogen and oxygen atoms in total. The van der Waals surface area contributed by atoms with Crippen LogP contribution in [0.3, 0.4) is 0 Å². The molecule has 0 radical (unpaired) electrons. The molecule has 0 bridgehead atoms. The lowest BCUT2D eigenvalue weighted by molar-refractivity contribution is 0.0712. The number of halogens is 2. The predicted octanol–water partition coefficient (Wildman–Crippen LogP) is 2.11. The topological polar surface area (TPSA) is 80.5 Å². The predicted molar refractivity (Wildman–Crippen MR) is 77.3 cm³/mol. The van der Waals surface area contributed by atoms with E-state index >= 15 is 0 Å². The van der Waals surface area contributed by atoms with Crippen molar-refractivity contribution < 1.29 is 17.6 Å². The summed E-state index contributed by atoms with van der Waals surface area (Å²) in [5.74, 6) is -1.37. The smallest absolute Gasteiger partial charge is 0.257 e. The van der Waals surface area contributed by atoms with E-state index in [1.165, 1.54) is 4.90 Å². The van der Waals surface area contributed by atoms with Gasteiger partial charge < -0.3 is 4.90 Å². The summed E-state index contributed by atoms with van der Waals surface area (Å²) >= 11 is 2.93. The lowest BCUT2D eigenvalue weighted by atomic mass is 10.1. The number of hydrogen-bond acceptors (Lipinski definition) is 3. The first-order valence-corrected chi connectivity index (χ1v) is 8.26. The number of hydrogen-bond donors (Lipinski definition) is 1. The van der Waals surface area contributed by atoms with Crippen LogP contribution in [-0.4, -0.2) is 31.8 Å². The van der Waals surface area contributed by atoms with Gasteiger partial charge in [0.15, 0.2) is 0 Å². The maximum absolute atomic E-state index is 13.9. The molecular formula is C12H16BrFN2O3S. The third-order valence-electron chi connectivity index (χ3n) is 2.78. The first kappa shape index (κ1) is 17.1. The van der Waals surface area contributed by atoms with Gasteiger partial charge in [-0.15, -0.1) is 0 Å². The van der Waals surface area contributed by atoms with Crippen molar-refractivity contribution >= 4 is 31.9 Å². The van der Waals surface area contributed by atoms with Gasteiger partial charge in [0.25, 0.3) is 5.91 Å². The Kier molecular flexibility index (Phi) is 5.28. The first-order chi connectivity index (χ1) is 9.09. The molecule has 20 heavy (non-hydrogen) atoms. The van der Waals surface area contributed by atoms with Gasteiger partial charge in [-0.05, 0) is 48.8 Å². The van der Waals surface area contributed by atoms with Crippen LogP contribution in [0, 0.1) is 5.82 Å². The molecule has 1 aromatic carbocycles. The van der Waals surface area contributed by atoms with Crippen molar-refractivity contribution in [3.8, 4) is 0 Å². The lowest BCUT2D eigenvalue weighted by Gasteiger charge is -2.25. The fraction of sp³-hybridized carbons (Fsp3) is 0.417.